The molecule has 0 aromatic carbocycles. The van der Waals surface area contributed by atoms with Gasteiger partial charge in [-0.05, 0) is 13.8 Å². The number of carboxylic acids is 1. The van der Waals surface area contributed by atoms with Crippen molar-refractivity contribution in [1.82, 2.24) is 0 Å². The molecule has 0 radical (unpaired) electrons. The van der Waals surface area contributed by atoms with Crippen molar-refractivity contribution < 1.29 is 20.1 Å². The van der Waals surface area contributed by atoms with Crippen LogP contribution in [0.3, 0.4) is 0 Å². The number of hydrogen-bond donors (Lipinski definition) is 3. The van der Waals surface area contributed by atoms with Crippen LogP contribution in [-0.4, -0.2) is 34.0 Å². The van der Waals surface area contributed by atoms with E-state index in [0.29, 0.717) is 5.57 Å². The molecule has 0 aromatic heterocycles. The van der Waals surface area contributed by atoms with Crippen LogP contribution in [0.15, 0.2) is 11.1 Å². The summed E-state index contributed by atoms with van der Waals surface area (Å²) in [5, 5.41) is 26.1. The first-order valence-corrected chi connectivity index (χ1v) is 3.67. The highest BCUT2D eigenvalue weighted by atomic mass is 16.4. The summed E-state index contributed by atoms with van der Waals surface area (Å²) in [5.41, 5.74) is 0.812. The van der Waals surface area contributed by atoms with E-state index in [9.17, 15) is 4.79 Å². The van der Waals surface area contributed by atoms with Gasteiger partial charge in [0.05, 0.1) is 12.7 Å². The third-order valence-electron chi connectivity index (χ3n) is 1.51. The van der Waals surface area contributed by atoms with Gasteiger partial charge in [-0.25, -0.2) is 4.79 Å². The molecule has 4 heteroatoms. The lowest BCUT2D eigenvalue weighted by Crippen LogP contribution is -2.16. The minimum absolute atomic E-state index is 0.00579. The first kappa shape index (κ1) is 11.1. The number of aliphatic hydroxyl groups is 2. The average molecular weight is 174 g/mol. The third-order valence-corrected chi connectivity index (χ3v) is 1.51. The van der Waals surface area contributed by atoms with Crippen LogP contribution in [-0.2, 0) is 4.79 Å². The average Bonchev–Trinajstić information content (AvgIpc) is 1.98. The van der Waals surface area contributed by atoms with Crippen LogP contribution in [0.2, 0.25) is 0 Å². The zero-order valence-corrected chi connectivity index (χ0v) is 7.24. The summed E-state index contributed by atoms with van der Waals surface area (Å²) in [7, 11) is 0. The van der Waals surface area contributed by atoms with Crippen molar-refractivity contribution in [2.45, 2.75) is 26.4 Å². The van der Waals surface area contributed by atoms with E-state index in [0.717, 1.165) is 0 Å². The van der Waals surface area contributed by atoms with E-state index < -0.39 is 18.7 Å². The first-order chi connectivity index (χ1) is 5.49. The van der Waals surface area contributed by atoms with Gasteiger partial charge in [-0.3, -0.25) is 0 Å². The van der Waals surface area contributed by atoms with E-state index in [2.05, 4.69) is 0 Å². The van der Waals surface area contributed by atoms with E-state index in [4.69, 9.17) is 15.3 Å². The van der Waals surface area contributed by atoms with E-state index in [1.54, 1.807) is 13.8 Å². The molecule has 3 N–H and O–H groups in total. The van der Waals surface area contributed by atoms with Crippen molar-refractivity contribution in [2.75, 3.05) is 6.61 Å². The van der Waals surface area contributed by atoms with E-state index in [1.807, 2.05) is 0 Å². The molecule has 70 valence electrons. The van der Waals surface area contributed by atoms with Crippen molar-refractivity contribution in [2.24, 2.45) is 0 Å². The molecule has 0 rings (SSSR count). The Balaban J connectivity index is 4.37. The summed E-state index contributed by atoms with van der Waals surface area (Å²) in [5.74, 6) is -1.04. The highest BCUT2D eigenvalue weighted by Crippen LogP contribution is 2.10. The number of rotatable bonds is 4. The largest absolute Gasteiger partial charge is 0.478 e. The van der Waals surface area contributed by atoms with Crippen LogP contribution in [0.5, 0.6) is 0 Å². The molecule has 0 aliphatic carbocycles. The number of carbonyl (C=O) groups is 1. The Morgan fingerprint density at radius 1 is 1.42 bits per heavy atom. The van der Waals surface area contributed by atoms with E-state index >= 15 is 0 Å². The van der Waals surface area contributed by atoms with Gasteiger partial charge in [0.1, 0.15) is 0 Å². The summed E-state index contributed by atoms with van der Waals surface area (Å²) < 4.78 is 0. The predicted octanol–water partition coefficient (Wildman–Crippen LogP) is 0.151. The van der Waals surface area contributed by atoms with Gasteiger partial charge in [0.2, 0.25) is 0 Å². The predicted molar refractivity (Wildman–Crippen MR) is 43.7 cm³/mol. The molecule has 0 aliphatic heterocycles. The van der Waals surface area contributed by atoms with Gasteiger partial charge in [-0.2, -0.15) is 0 Å². The smallest absolute Gasteiger partial charge is 0.331 e. The minimum Gasteiger partial charge on any atom is -0.478 e. The van der Waals surface area contributed by atoms with E-state index in [-0.39, 0.29) is 12.0 Å². The summed E-state index contributed by atoms with van der Waals surface area (Å²) in [6, 6.07) is 0. The lowest BCUT2D eigenvalue weighted by molar-refractivity contribution is -0.133. The second-order valence-corrected chi connectivity index (χ2v) is 2.82. The minimum atomic E-state index is -1.04. The highest BCUT2D eigenvalue weighted by Gasteiger charge is 2.13. The molecule has 0 saturated heterocycles. The van der Waals surface area contributed by atoms with Gasteiger partial charge in [-0.15, -0.1) is 0 Å². The highest BCUT2D eigenvalue weighted by molar-refractivity contribution is 5.87. The summed E-state index contributed by atoms with van der Waals surface area (Å²) in [6.45, 7) is 2.91. The van der Waals surface area contributed by atoms with Crippen LogP contribution in [0, 0.1) is 0 Å². The van der Waals surface area contributed by atoms with Crippen molar-refractivity contribution in [3.8, 4) is 0 Å². The topological polar surface area (TPSA) is 77.8 Å². The molecule has 0 spiro atoms. The number of allylic oxidation sites excluding steroid dienone is 1. The Morgan fingerprint density at radius 2 is 1.92 bits per heavy atom. The zero-order chi connectivity index (χ0) is 9.72. The Labute approximate surface area is 71.1 Å². The molecule has 0 fully saturated rings. The number of aliphatic carboxylic acids is 1. The van der Waals surface area contributed by atoms with Crippen molar-refractivity contribution >= 4 is 5.97 Å². The fourth-order valence-corrected chi connectivity index (χ4v) is 0.805. The van der Waals surface area contributed by atoms with Crippen LogP contribution in [0.4, 0.5) is 0 Å². The standard InChI is InChI=1S/C8H14O4/c1-5(2)7(8(11)12)3-6(10)4-9/h6,9-10H,3-4H2,1-2H3,(H,11,12)/t6-/m1/s1. The van der Waals surface area contributed by atoms with Gasteiger partial charge in [0, 0.05) is 12.0 Å². The zero-order valence-electron chi connectivity index (χ0n) is 7.24. The van der Waals surface area contributed by atoms with Crippen LogP contribution >= 0.6 is 0 Å². The molecule has 12 heavy (non-hydrogen) atoms. The molecule has 0 bridgehead atoms. The number of carboxylic acid groups (broad SMARTS) is 1. The molecule has 0 amide bonds. The lowest BCUT2D eigenvalue weighted by Gasteiger charge is -2.08. The Bertz CT molecular complexity index is 191. The van der Waals surface area contributed by atoms with Gasteiger partial charge in [-0.1, -0.05) is 5.57 Å². The molecule has 0 saturated carbocycles. The summed E-state index contributed by atoms with van der Waals surface area (Å²) in [6.07, 6.45) is -0.986. The van der Waals surface area contributed by atoms with Crippen LogP contribution in [0.25, 0.3) is 0 Å². The summed E-state index contributed by atoms with van der Waals surface area (Å²) in [4.78, 5) is 10.5. The maximum atomic E-state index is 10.5. The summed E-state index contributed by atoms with van der Waals surface area (Å²) >= 11 is 0. The fraction of sp³-hybridized carbons (Fsp3) is 0.625. The maximum Gasteiger partial charge on any atom is 0.331 e. The van der Waals surface area contributed by atoms with E-state index in [1.165, 1.54) is 0 Å². The van der Waals surface area contributed by atoms with Crippen LogP contribution < -0.4 is 0 Å². The van der Waals surface area contributed by atoms with Crippen molar-refractivity contribution in [3.63, 3.8) is 0 Å². The quantitative estimate of drug-likeness (QED) is 0.530. The van der Waals surface area contributed by atoms with Gasteiger partial charge in [0.25, 0.3) is 0 Å². The fourth-order valence-electron chi connectivity index (χ4n) is 0.805. The molecule has 1 atom stereocenters. The number of aliphatic hydroxyl groups excluding tert-OH is 2. The van der Waals surface area contributed by atoms with Crippen molar-refractivity contribution in [1.29, 1.82) is 0 Å². The SMILES string of the molecule is CC(C)=C(C[C@@H](O)CO)C(=O)O. The van der Waals surface area contributed by atoms with Crippen molar-refractivity contribution in [3.05, 3.63) is 11.1 Å². The normalized spacial score (nSPS) is 12.3. The molecular weight excluding hydrogens is 160 g/mol. The molecule has 4 nitrogen and oxygen atoms in total. The first-order valence-electron chi connectivity index (χ1n) is 3.67. The second kappa shape index (κ2) is 4.90. The van der Waals surface area contributed by atoms with Crippen LogP contribution in [0.1, 0.15) is 20.3 Å². The Kier molecular flexibility index (Phi) is 4.54. The molecule has 0 heterocycles. The number of hydrogen-bond acceptors (Lipinski definition) is 3. The third kappa shape index (κ3) is 3.50. The Hall–Kier alpha value is -0.870. The van der Waals surface area contributed by atoms with Gasteiger partial charge in [0.15, 0.2) is 0 Å². The molecule has 0 unspecified atom stereocenters. The second-order valence-electron chi connectivity index (χ2n) is 2.82. The molecular formula is C8H14O4. The monoisotopic (exact) mass is 174 g/mol. The molecule has 0 aliphatic rings. The van der Waals surface area contributed by atoms with Gasteiger partial charge >= 0.3 is 5.97 Å². The Morgan fingerprint density at radius 3 is 2.17 bits per heavy atom. The maximum absolute atomic E-state index is 10.5. The lowest BCUT2D eigenvalue weighted by atomic mass is 10.0. The van der Waals surface area contributed by atoms with Gasteiger partial charge < -0.3 is 15.3 Å². The molecule has 0 aromatic rings.